The molecule has 8 nitrogen and oxygen atoms in total. The fourth-order valence-electron chi connectivity index (χ4n) is 5.42. The molecule has 3 aliphatic rings. The molecule has 2 aliphatic heterocycles. The van der Waals surface area contributed by atoms with Gasteiger partial charge in [0.25, 0.3) is 0 Å². The zero-order chi connectivity index (χ0) is 23.0. The first-order valence-electron chi connectivity index (χ1n) is 11.9. The molecule has 3 heterocycles. The summed E-state index contributed by atoms with van der Waals surface area (Å²) in [6.07, 6.45) is 4.21. The molecule has 176 valence electrons. The van der Waals surface area contributed by atoms with Gasteiger partial charge in [0, 0.05) is 44.2 Å². The van der Waals surface area contributed by atoms with Gasteiger partial charge in [-0.15, -0.1) is 0 Å². The van der Waals surface area contributed by atoms with E-state index in [0.29, 0.717) is 55.9 Å². The van der Waals surface area contributed by atoms with E-state index in [4.69, 9.17) is 9.15 Å². The Hall–Kier alpha value is -2.87. The average molecular weight is 454 g/mol. The summed E-state index contributed by atoms with van der Waals surface area (Å²) in [6.45, 7) is 6.73. The molecule has 1 spiro atoms. The molecule has 1 aromatic heterocycles. The Morgan fingerprint density at radius 2 is 1.76 bits per heavy atom. The highest BCUT2D eigenvalue weighted by atomic mass is 16.6. The SMILES string of the molecule is CCOC(=O)N1CCN(C(=O)C2CC23CCN(Cc2coc4ccccc4c2=O)CC3)CC1. The zero-order valence-corrected chi connectivity index (χ0v) is 19.1. The number of amides is 2. The van der Waals surface area contributed by atoms with E-state index in [1.54, 1.807) is 18.1 Å². The number of fused-ring (bicyclic) bond motifs is 1. The van der Waals surface area contributed by atoms with Gasteiger partial charge in [0.05, 0.1) is 18.3 Å². The lowest BCUT2D eigenvalue weighted by atomic mass is 9.90. The Labute approximate surface area is 193 Å². The second-order valence-electron chi connectivity index (χ2n) is 9.49. The van der Waals surface area contributed by atoms with E-state index in [2.05, 4.69) is 4.90 Å². The fraction of sp³-hybridized carbons (Fsp3) is 0.560. The van der Waals surface area contributed by atoms with E-state index in [0.717, 1.165) is 32.4 Å². The lowest BCUT2D eigenvalue weighted by molar-refractivity contribution is -0.135. The summed E-state index contributed by atoms with van der Waals surface area (Å²) >= 11 is 0. The first-order chi connectivity index (χ1) is 16.0. The molecule has 2 aromatic rings. The summed E-state index contributed by atoms with van der Waals surface area (Å²) in [6, 6.07) is 7.34. The second kappa shape index (κ2) is 8.82. The van der Waals surface area contributed by atoms with Crippen LogP contribution in [-0.4, -0.2) is 72.6 Å². The van der Waals surface area contributed by atoms with Crippen LogP contribution in [0.3, 0.4) is 0 Å². The Kier molecular flexibility index (Phi) is 5.86. The summed E-state index contributed by atoms with van der Waals surface area (Å²) in [5.41, 5.74) is 1.46. The second-order valence-corrected chi connectivity index (χ2v) is 9.49. The van der Waals surface area contributed by atoms with Gasteiger partial charge in [-0.2, -0.15) is 0 Å². The zero-order valence-electron chi connectivity index (χ0n) is 19.1. The Morgan fingerprint density at radius 1 is 1.06 bits per heavy atom. The van der Waals surface area contributed by atoms with Crippen LogP contribution >= 0.6 is 0 Å². The van der Waals surface area contributed by atoms with Crippen molar-refractivity contribution in [3.05, 3.63) is 46.3 Å². The molecule has 2 amide bonds. The van der Waals surface area contributed by atoms with E-state index < -0.39 is 0 Å². The molecule has 1 aromatic carbocycles. The summed E-state index contributed by atoms with van der Waals surface area (Å²) in [5, 5.41) is 0.624. The van der Waals surface area contributed by atoms with Crippen LogP contribution in [0.4, 0.5) is 4.79 Å². The van der Waals surface area contributed by atoms with Crippen molar-refractivity contribution in [1.29, 1.82) is 0 Å². The number of ether oxygens (including phenoxy) is 1. The quantitative estimate of drug-likeness (QED) is 0.708. The van der Waals surface area contributed by atoms with Crippen LogP contribution in [0.25, 0.3) is 11.0 Å². The van der Waals surface area contributed by atoms with Crippen molar-refractivity contribution in [3.63, 3.8) is 0 Å². The van der Waals surface area contributed by atoms with Gasteiger partial charge in [0.15, 0.2) is 5.43 Å². The van der Waals surface area contributed by atoms with Gasteiger partial charge in [-0.3, -0.25) is 14.5 Å². The number of carbonyl (C=O) groups excluding carboxylic acids is 2. The van der Waals surface area contributed by atoms with Gasteiger partial charge in [-0.25, -0.2) is 4.79 Å². The van der Waals surface area contributed by atoms with Crippen molar-refractivity contribution in [3.8, 4) is 0 Å². The van der Waals surface area contributed by atoms with Crippen molar-refractivity contribution < 1.29 is 18.7 Å². The van der Waals surface area contributed by atoms with Gasteiger partial charge >= 0.3 is 6.09 Å². The fourth-order valence-corrected chi connectivity index (χ4v) is 5.42. The largest absolute Gasteiger partial charge is 0.464 e. The van der Waals surface area contributed by atoms with E-state index >= 15 is 0 Å². The maximum atomic E-state index is 13.1. The molecule has 3 fully saturated rings. The Balaban J connectivity index is 1.13. The highest BCUT2D eigenvalue weighted by Crippen LogP contribution is 2.60. The lowest BCUT2D eigenvalue weighted by Gasteiger charge is -2.36. The summed E-state index contributed by atoms with van der Waals surface area (Å²) in [5.74, 6) is 0.335. The number of likely N-dealkylation sites (tertiary alicyclic amines) is 1. The molecular weight excluding hydrogens is 422 g/mol. The third kappa shape index (κ3) is 4.24. The topological polar surface area (TPSA) is 83.3 Å². The predicted octanol–water partition coefficient (Wildman–Crippen LogP) is 2.70. The van der Waals surface area contributed by atoms with Crippen LogP contribution < -0.4 is 5.43 Å². The molecular formula is C25H31N3O5. The number of carbonyl (C=O) groups is 2. The van der Waals surface area contributed by atoms with Gasteiger partial charge < -0.3 is 19.0 Å². The Morgan fingerprint density at radius 3 is 2.48 bits per heavy atom. The van der Waals surface area contributed by atoms with Crippen LogP contribution in [0.1, 0.15) is 31.7 Å². The first-order valence-corrected chi connectivity index (χ1v) is 11.9. The highest BCUT2D eigenvalue weighted by Gasteiger charge is 2.59. The van der Waals surface area contributed by atoms with Crippen molar-refractivity contribution in [2.75, 3.05) is 45.9 Å². The third-order valence-electron chi connectivity index (χ3n) is 7.60. The van der Waals surface area contributed by atoms with Crippen LogP contribution in [0.15, 0.2) is 39.7 Å². The standard InChI is InChI=1S/C25H31N3O5/c1-2-32-24(31)28-13-11-27(12-14-28)23(30)20-15-25(20)7-9-26(10-8-25)16-18-17-33-21-6-4-3-5-19(21)22(18)29/h3-6,17,20H,2,7-16H2,1H3. The molecule has 2 saturated heterocycles. The Bertz CT molecular complexity index is 1100. The van der Waals surface area contributed by atoms with Crippen LogP contribution in [-0.2, 0) is 16.1 Å². The van der Waals surface area contributed by atoms with Crippen molar-refractivity contribution >= 4 is 23.0 Å². The van der Waals surface area contributed by atoms with Gasteiger partial charge in [0.1, 0.15) is 5.58 Å². The maximum Gasteiger partial charge on any atom is 0.409 e. The van der Waals surface area contributed by atoms with Crippen molar-refractivity contribution in [2.24, 2.45) is 11.3 Å². The third-order valence-corrected chi connectivity index (χ3v) is 7.60. The maximum absolute atomic E-state index is 13.1. The first kappa shape index (κ1) is 21.9. The van der Waals surface area contributed by atoms with Crippen LogP contribution in [0.2, 0.25) is 0 Å². The molecule has 1 unspecified atom stereocenters. The van der Waals surface area contributed by atoms with Crippen LogP contribution in [0.5, 0.6) is 0 Å². The monoisotopic (exact) mass is 453 g/mol. The number of benzene rings is 1. The van der Waals surface area contributed by atoms with Crippen LogP contribution in [0, 0.1) is 11.3 Å². The van der Waals surface area contributed by atoms with Gasteiger partial charge in [-0.05, 0) is 56.8 Å². The predicted molar refractivity (Wildman–Crippen MR) is 123 cm³/mol. The minimum Gasteiger partial charge on any atom is -0.464 e. The van der Waals surface area contributed by atoms with Crippen molar-refractivity contribution in [1.82, 2.24) is 14.7 Å². The van der Waals surface area contributed by atoms with Gasteiger partial charge in [-0.1, -0.05) is 12.1 Å². The molecule has 1 atom stereocenters. The molecule has 0 N–H and O–H groups in total. The minimum atomic E-state index is -0.291. The molecule has 5 rings (SSSR count). The number of rotatable bonds is 4. The summed E-state index contributed by atoms with van der Waals surface area (Å²) in [4.78, 5) is 43.7. The number of piperidine rings is 1. The normalized spacial score (nSPS) is 22.5. The molecule has 1 saturated carbocycles. The number of nitrogens with zero attached hydrogens (tertiary/aromatic N) is 3. The molecule has 0 bridgehead atoms. The van der Waals surface area contributed by atoms with E-state index in [9.17, 15) is 14.4 Å². The minimum absolute atomic E-state index is 0.0403. The number of hydrogen-bond donors (Lipinski definition) is 0. The smallest absolute Gasteiger partial charge is 0.409 e. The average Bonchev–Trinajstić information content (AvgIpc) is 3.55. The molecule has 8 heteroatoms. The summed E-state index contributed by atoms with van der Waals surface area (Å²) in [7, 11) is 0. The van der Waals surface area contributed by atoms with Gasteiger partial charge in [0.2, 0.25) is 5.91 Å². The molecule has 1 aliphatic carbocycles. The number of hydrogen-bond acceptors (Lipinski definition) is 6. The number of piperazine rings is 1. The summed E-state index contributed by atoms with van der Waals surface area (Å²) < 4.78 is 10.7. The van der Waals surface area contributed by atoms with E-state index in [1.165, 1.54) is 0 Å². The van der Waals surface area contributed by atoms with Crippen molar-refractivity contribution in [2.45, 2.75) is 32.7 Å². The number of para-hydroxylation sites is 1. The molecule has 33 heavy (non-hydrogen) atoms. The van der Waals surface area contributed by atoms with E-state index in [1.807, 2.05) is 29.2 Å². The molecule has 0 radical (unpaired) electrons. The van der Waals surface area contributed by atoms with E-state index in [-0.39, 0.29) is 28.8 Å². The highest BCUT2D eigenvalue weighted by molar-refractivity contribution is 5.83. The lowest BCUT2D eigenvalue weighted by Crippen LogP contribution is -2.51.